The minimum absolute atomic E-state index is 0.107. The van der Waals surface area contributed by atoms with E-state index in [2.05, 4.69) is 15.2 Å². The number of pyridine rings is 1. The fraction of sp³-hybridized carbons (Fsp3) is 0.0417. The maximum atomic E-state index is 12.3. The van der Waals surface area contributed by atoms with Crippen LogP contribution in [0.2, 0.25) is 0 Å². The Morgan fingerprint density at radius 2 is 1.42 bits per heavy atom. The first-order valence-electron chi connectivity index (χ1n) is 9.73. The predicted octanol–water partition coefficient (Wildman–Crippen LogP) is 4.51. The Balaban J connectivity index is 1.48. The fourth-order valence-corrected chi connectivity index (χ4v) is 3.95. The first-order valence-corrected chi connectivity index (χ1v) is 10.7. The van der Waals surface area contributed by atoms with Gasteiger partial charge in [0.15, 0.2) is 0 Å². The lowest BCUT2D eigenvalue weighted by Crippen LogP contribution is -2.14. The number of hydrogen-bond acceptors (Lipinski definition) is 6. The van der Waals surface area contributed by atoms with E-state index in [4.69, 9.17) is 4.98 Å². The van der Waals surface area contributed by atoms with Crippen molar-refractivity contribution in [2.45, 2.75) is 10.9 Å². The third-order valence-electron chi connectivity index (χ3n) is 4.73. The van der Waals surface area contributed by atoms with Crippen LogP contribution >= 0.6 is 11.8 Å². The van der Waals surface area contributed by atoms with Gasteiger partial charge in [-0.25, -0.2) is 9.97 Å². The molecule has 0 radical (unpaired) electrons. The van der Waals surface area contributed by atoms with Gasteiger partial charge in [0.05, 0.1) is 5.69 Å². The molecule has 3 heterocycles. The molecule has 0 aliphatic heterocycles. The molecule has 5 aromatic rings. The lowest BCUT2D eigenvalue weighted by atomic mass is 10.0. The fourth-order valence-electron chi connectivity index (χ4n) is 3.28. The van der Waals surface area contributed by atoms with Crippen LogP contribution in [0.15, 0.2) is 101 Å². The highest BCUT2D eigenvalue weighted by molar-refractivity contribution is 7.98. The van der Waals surface area contributed by atoms with Gasteiger partial charge in [0, 0.05) is 29.1 Å². The van der Waals surface area contributed by atoms with E-state index < -0.39 is 0 Å². The summed E-state index contributed by atoms with van der Waals surface area (Å²) in [5.41, 5.74) is 4.63. The molecule has 2 aromatic carbocycles. The zero-order valence-electron chi connectivity index (χ0n) is 16.4. The van der Waals surface area contributed by atoms with Crippen LogP contribution in [-0.4, -0.2) is 24.6 Å². The number of aromatic nitrogens is 5. The van der Waals surface area contributed by atoms with Gasteiger partial charge in [0.2, 0.25) is 5.16 Å². The summed E-state index contributed by atoms with van der Waals surface area (Å²) in [6.45, 7) is 0. The molecule has 3 aromatic heterocycles. The number of fused-ring (bicyclic) bond motifs is 1. The van der Waals surface area contributed by atoms with E-state index in [1.165, 1.54) is 16.2 Å². The molecule has 0 saturated carbocycles. The van der Waals surface area contributed by atoms with Crippen molar-refractivity contribution in [2.75, 3.05) is 0 Å². The molecule has 0 unspecified atom stereocenters. The summed E-state index contributed by atoms with van der Waals surface area (Å²) in [7, 11) is 0. The van der Waals surface area contributed by atoms with Crippen LogP contribution in [0.5, 0.6) is 0 Å². The summed E-state index contributed by atoms with van der Waals surface area (Å²) in [5.74, 6) is 0.473. The molecule has 5 rings (SSSR count). The summed E-state index contributed by atoms with van der Waals surface area (Å²) >= 11 is 1.41. The van der Waals surface area contributed by atoms with Crippen molar-refractivity contribution >= 4 is 17.4 Å². The molecule has 0 aliphatic rings. The van der Waals surface area contributed by atoms with Crippen LogP contribution in [0.1, 0.15) is 5.69 Å². The second-order valence-corrected chi connectivity index (χ2v) is 7.77. The van der Waals surface area contributed by atoms with E-state index in [1.54, 1.807) is 12.3 Å². The van der Waals surface area contributed by atoms with Crippen molar-refractivity contribution < 1.29 is 0 Å². The average Bonchev–Trinajstić information content (AvgIpc) is 2.84. The molecule has 0 saturated heterocycles. The summed E-state index contributed by atoms with van der Waals surface area (Å²) in [5, 5.41) is 9.35. The summed E-state index contributed by atoms with van der Waals surface area (Å²) in [6, 6.07) is 26.9. The van der Waals surface area contributed by atoms with Gasteiger partial charge in [-0.2, -0.15) is 0 Å². The Kier molecular flexibility index (Phi) is 5.24. The van der Waals surface area contributed by atoms with E-state index in [0.29, 0.717) is 22.3 Å². The smallest absolute Gasteiger partial charge is 0.258 e. The Morgan fingerprint density at radius 3 is 2.16 bits per heavy atom. The Bertz CT molecular complexity index is 1400. The van der Waals surface area contributed by atoms with Gasteiger partial charge in [-0.05, 0) is 12.1 Å². The molecule has 150 valence electrons. The third-order valence-corrected chi connectivity index (χ3v) is 5.61. The van der Waals surface area contributed by atoms with E-state index in [0.717, 1.165) is 22.5 Å². The highest BCUT2D eigenvalue weighted by Crippen LogP contribution is 2.30. The lowest BCUT2D eigenvalue weighted by molar-refractivity contribution is 0.849. The molecule has 0 amide bonds. The van der Waals surface area contributed by atoms with Crippen LogP contribution in [0.4, 0.5) is 0 Å². The predicted molar refractivity (Wildman–Crippen MR) is 122 cm³/mol. The first kappa shape index (κ1) is 19.1. The van der Waals surface area contributed by atoms with Gasteiger partial charge in [0.1, 0.15) is 17.0 Å². The van der Waals surface area contributed by atoms with Crippen LogP contribution in [0.3, 0.4) is 0 Å². The molecule has 0 N–H and O–H groups in total. The topological polar surface area (TPSA) is 73.0 Å². The number of benzene rings is 2. The number of hydrogen-bond donors (Lipinski definition) is 0. The van der Waals surface area contributed by atoms with Gasteiger partial charge in [0.25, 0.3) is 5.56 Å². The van der Waals surface area contributed by atoms with Crippen molar-refractivity contribution in [3.05, 3.63) is 107 Å². The van der Waals surface area contributed by atoms with Crippen molar-refractivity contribution in [3.8, 4) is 22.5 Å². The van der Waals surface area contributed by atoms with Gasteiger partial charge in [-0.15, -0.1) is 10.2 Å². The standard InChI is InChI=1S/C24H17N5OS/c30-21-15-19(25-20-13-7-8-14-29(20)21)16-31-24-26-22(17-9-3-1-4-10-17)23(27-28-24)18-11-5-2-6-12-18/h1-15H,16H2. The molecule has 0 bridgehead atoms. The lowest BCUT2D eigenvalue weighted by Gasteiger charge is -2.09. The SMILES string of the molecule is O=c1cc(CSc2nnc(-c3ccccc3)c(-c3ccccc3)n2)nc2ccccn12. The molecular weight excluding hydrogens is 406 g/mol. The van der Waals surface area contributed by atoms with Crippen LogP contribution in [0, 0.1) is 0 Å². The highest BCUT2D eigenvalue weighted by atomic mass is 32.2. The number of rotatable bonds is 5. The second kappa shape index (κ2) is 8.49. The number of thioether (sulfide) groups is 1. The molecule has 6 nitrogen and oxygen atoms in total. The van der Waals surface area contributed by atoms with E-state index in [9.17, 15) is 4.79 Å². The Labute approximate surface area is 182 Å². The molecule has 0 spiro atoms. The highest BCUT2D eigenvalue weighted by Gasteiger charge is 2.14. The third kappa shape index (κ3) is 4.08. The van der Waals surface area contributed by atoms with Crippen LogP contribution in [0.25, 0.3) is 28.2 Å². The second-order valence-electron chi connectivity index (χ2n) is 6.83. The van der Waals surface area contributed by atoms with Crippen molar-refractivity contribution in [1.82, 2.24) is 24.6 Å². The van der Waals surface area contributed by atoms with E-state index >= 15 is 0 Å². The molecule has 0 aliphatic carbocycles. The molecule has 7 heteroatoms. The molecular formula is C24H17N5OS. The normalized spacial score (nSPS) is 11.0. The van der Waals surface area contributed by atoms with Crippen molar-refractivity contribution in [3.63, 3.8) is 0 Å². The number of nitrogens with zero attached hydrogens (tertiary/aromatic N) is 5. The zero-order chi connectivity index (χ0) is 21.0. The Hall–Kier alpha value is -3.84. The first-order chi connectivity index (χ1) is 15.3. The van der Waals surface area contributed by atoms with Gasteiger partial charge in [-0.3, -0.25) is 9.20 Å². The summed E-state index contributed by atoms with van der Waals surface area (Å²) in [6.07, 6.45) is 1.71. The minimum atomic E-state index is -0.107. The summed E-state index contributed by atoms with van der Waals surface area (Å²) in [4.78, 5) is 21.7. The van der Waals surface area contributed by atoms with Gasteiger partial charge >= 0.3 is 0 Å². The molecule has 0 atom stereocenters. The van der Waals surface area contributed by atoms with E-state index in [1.807, 2.05) is 78.9 Å². The van der Waals surface area contributed by atoms with Gasteiger partial charge < -0.3 is 0 Å². The largest absolute Gasteiger partial charge is 0.269 e. The monoisotopic (exact) mass is 423 g/mol. The van der Waals surface area contributed by atoms with Crippen molar-refractivity contribution in [2.24, 2.45) is 0 Å². The van der Waals surface area contributed by atoms with E-state index in [-0.39, 0.29) is 5.56 Å². The average molecular weight is 424 g/mol. The maximum absolute atomic E-state index is 12.3. The van der Waals surface area contributed by atoms with Crippen LogP contribution < -0.4 is 5.56 Å². The zero-order valence-corrected chi connectivity index (χ0v) is 17.2. The van der Waals surface area contributed by atoms with Crippen LogP contribution in [-0.2, 0) is 5.75 Å². The quantitative estimate of drug-likeness (QED) is 0.388. The summed E-state index contributed by atoms with van der Waals surface area (Å²) < 4.78 is 1.52. The molecule has 0 fully saturated rings. The van der Waals surface area contributed by atoms with Gasteiger partial charge in [-0.1, -0.05) is 78.5 Å². The molecule has 31 heavy (non-hydrogen) atoms. The Morgan fingerprint density at radius 1 is 0.742 bits per heavy atom. The maximum Gasteiger partial charge on any atom is 0.258 e. The van der Waals surface area contributed by atoms with Crippen molar-refractivity contribution in [1.29, 1.82) is 0 Å². The minimum Gasteiger partial charge on any atom is -0.269 e.